The van der Waals surface area contributed by atoms with Gasteiger partial charge in [0.05, 0.1) is 32.0 Å². The van der Waals surface area contributed by atoms with E-state index in [1.54, 1.807) is 15.9 Å². The number of amides is 4. The minimum atomic E-state index is -0.710. The molecule has 2 aliphatic heterocycles. The smallest absolute Gasteiger partial charge is 0.321 e. The molecule has 2 heterocycles. The van der Waals surface area contributed by atoms with Crippen molar-refractivity contribution in [1.82, 2.24) is 15.5 Å². The van der Waals surface area contributed by atoms with Crippen LogP contribution in [0.2, 0.25) is 0 Å². The maximum atomic E-state index is 12.9. The maximum Gasteiger partial charge on any atom is 0.321 e. The fourth-order valence-corrected chi connectivity index (χ4v) is 4.20. The molecular formula is C21H28N4O5. The van der Waals surface area contributed by atoms with E-state index in [4.69, 9.17) is 9.47 Å². The maximum absolute atomic E-state index is 12.9. The van der Waals surface area contributed by atoms with Gasteiger partial charge in [-0.15, -0.1) is 0 Å². The first-order valence-electron chi connectivity index (χ1n) is 10.6. The molecule has 1 atom stereocenters. The quantitative estimate of drug-likeness (QED) is 0.756. The highest BCUT2D eigenvalue weighted by atomic mass is 16.5. The SMILES string of the molecule is O=C(CN1C[C@H](C(=O)N2CCOCC2)Oc2ccccc21)NC(=O)NC1CCCC1. The van der Waals surface area contributed by atoms with E-state index in [1.165, 1.54) is 0 Å². The highest BCUT2D eigenvalue weighted by molar-refractivity contribution is 5.97. The molecule has 9 heteroatoms. The van der Waals surface area contributed by atoms with Crippen LogP contribution in [0.4, 0.5) is 10.5 Å². The molecule has 2 fully saturated rings. The molecule has 30 heavy (non-hydrogen) atoms. The molecule has 1 aliphatic carbocycles. The number of morpholine rings is 1. The number of fused-ring (bicyclic) bond motifs is 1. The van der Waals surface area contributed by atoms with Gasteiger partial charge >= 0.3 is 6.03 Å². The Balaban J connectivity index is 1.39. The third-order valence-corrected chi connectivity index (χ3v) is 5.74. The van der Waals surface area contributed by atoms with E-state index in [0.29, 0.717) is 32.1 Å². The first kappa shape index (κ1) is 20.5. The number of rotatable bonds is 4. The molecule has 1 aromatic rings. The van der Waals surface area contributed by atoms with Gasteiger partial charge in [0.15, 0.2) is 6.10 Å². The zero-order chi connectivity index (χ0) is 20.9. The second-order valence-corrected chi connectivity index (χ2v) is 7.90. The lowest BCUT2D eigenvalue weighted by Crippen LogP contribution is -2.55. The molecule has 162 valence electrons. The molecule has 3 aliphatic rings. The number of hydrogen-bond donors (Lipinski definition) is 2. The number of benzene rings is 1. The summed E-state index contributed by atoms with van der Waals surface area (Å²) in [5.41, 5.74) is 0.731. The average molecular weight is 416 g/mol. The topological polar surface area (TPSA) is 100 Å². The Labute approximate surface area is 175 Å². The van der Waals surface area contributed by atoms with Gasteiger partial charge in [-0.2, -0.15) is 0 Å². The van der Waals surface area contributed by atoms with Gasteiger partial charge < -0.3 is 24.6 Å². The fraction of sp³-hybridized carbons (Fsp3) is 0.571. The van der Waals surface area contributed by atoms with E-state index in [9.17, 15) is 14.4 Å². The summed E-state index contributed by atoms with van der Waals surface area (Å²) in [6.07, 6.45) is 3.38. The van der Waals surface area contributed by atoms with Gasteiger partial charge in [-0.1, -0.05) is 25.0 Å². The van der Waals surface area contributed by atoms with E-state index in [2.05, 4.69) is 10.6 Å². The standard InChI is InChI=1S/C21H28N4O5/c26-19(23-21(28)22-15-5-1-2-6-15)14-25-13-18(20(27)24-9-11-29-12-10-24)30-17-8-4-3-7-16(17)25/h3-4,7-8,15,18H,1-2,5-6,9-14H2,(H2,22,23,26,28)/t18-/m1/s1. The van der Waals surface area contributed by atoms with Crippen molar-refractivity contribution in [2.45, 2.75) is 37.8 Å². The number of hydrogen-bond acceptors (Lipinski definition) is 6. The number of nitrogens with zero attached hydrogens (tertiary/aromatic N) is 2. The molecule has 1 saturated carbocycles. The number of carbonyl (C=O) groups is 3. The second-order valence-electron chi connectivity index (χ2n) is 7.90. The van der Waals surface area contributed by atoms with Gasteiger partial charge in [-0.05, 0) is 25.0 Å². The predicted octanol–water partition coefficient (Wildman–Crippen LogP) is 0.881. The lowest BCUT2D eigenvalue weighted by molar-refractivity contribution is -0.142. The van der Waals surface area contributed by atoms with Gasteiger partial charge in [0.25, 0.3) is 5.91 Å². The zero-order valence-corrected chi connectivity index (χ0v) is 17.0. The van der Waals surface area contributed by atoms with Crippen molar-refractivity contribution in [2.75, 3.05) is 44.3 Å². The molecule has 1 aromatic carbocycles. The van der Waals surface area contributed by atoms with E-state index < -0.39 is 18.0 Å². The molecular weight excluding hydrogens is 388 g/mol. The highest BCUT2D eigenvalue weighted by Crippen LogP contribution is 2.33. The normalized spacial score (nSPS) is 21.5. The van der Waals surface area contributed by atoms with Gasteiger partial charge in [0.1, 0.15) is 5.75 Å². The molecule has 0 bridgehead atoms. The van der Waals surface area contributed by atoms with Crippen LogP contribution in [0.5, 0.6) is 5.75 Å². The molecule has 9 nitrogen and oxygen atoms in total. The Hall–Kier alpha value is -2.81. The average Bonchev–Trinajstić information content (AvgIpc) is 3.26. The van der Waals surface area contributed by atoms with Gasteiger partial charge in [0.2, 0.25) is 5.91 Å². The van der Waals surface area contributed by atoms with E-state index in [-0.39, 0.29) is 25.0 Å². The molecule has 2 N–H and O–H groups in total. The number of carbonyl (C=O) groups excluding carboxylic acids is 3. The van der Waals surface area contributed by atoms with Crippen molar-refractivity contribution in [1.29, 1.82) is 0 Å². The minimum absolute atomic E-state index is 0.0364. The fourth-order valence-electron chi connectivity index (χ4n) is 4.20. The monoisotopic (exact) mass is 416 g/mol. The Morgan fingerprint density at radius 3 is 2.57 bits per heavy atom. The van der Waals surface area contributed by atoms with Crippen LogP contribution in [-0.4, -0.2) is 74.3 Å². The third kappa shape index (κ3) is 4.84. The van der Waals surface area contributed by atoms with Crippen LogP contribution < -0.4 is 20.3 Å². The van der Waals surface area contributed by atoms with Crippen molar-refractivity contribution < 1.29 is 23.9 Å². The van der Waals surface area contributed by atoms with Crippen molar-refractivity contribution in [3.8, 4) is 5.75 Å². The molecule has 4 amide bonds. The number of ether oxygens (including phenoxy) is 2. The van der Waals surface area contributed by atoms with Crippen LogP contribution in [0.25, 0.3) is 0 Å². The minimum Gasteiger partial charge on any atom is -0.477 e. The van der Waals surface area contributed by atoms with Crippen LogP contribution in [0.3, 0.4) is 0 Å². The van der Waals surface area contributed by atoms with Crippen molar-refractivity contribution >= 4 is 23.5 Å². The van der Waals surface area contributed by atoms with Gasteiger partial charge in [-0.3, -0.25) is 14.9 Å². The second kappa shape index (κ2) is 9.34. The van der Waals surface area contributed by atoms with Crippen molar-refractivity contribution in [3.05, 3.63) is 24.3 Å². The lowest BCUT2D eigenvalue weighted by Gasteiger charge is -2.37. The summed E-state index contributed by atoms with van der Waals surface area (Å²) in [6.45, 7) is 2.29. The molecule has 1 saturated heterocycles. The number of anilines is 1. The summed E-state index contributed by atoms with van der Waals surface area (Å²) >= 11 is 0. The van der Waals surface area contributed by atoms with Gasteiger partial charge in [0, 0.05) is 19.1 Å². The van der Waals surface area contributed by atoms with Crippen molar-refractivity contribution in [3.63, 3.8) is 0 Å². The molecule has 0 aromatic heterocycles. The zero-order valence-electron chi connectivity index (χ0n) is 17.0. The Morgan fingerprint density at radius 2 is 1.80 bits per heavy atom. The summed E-state index contributed by atoms with van der Waals surface area (Å²) in [4.78, 5) is 41.1. The first-order valence-corrected chi connectivity index (χ1v) is 10.6. The Morgan fingerprint density at radius 1 is 1.07 bits per heavy atom. The lowest BCUT2D eigenvalue weighted by atomic mass is 10.1. The molecule has 4 rings (SSSR count). The summed E-state index contributed by atoms with van der Waals surface area (Å²) in [7, 11) is 0. The number of nitrogens with one attached hydrogen (secondary N) is 2. The van der Waals surface area contributed by atoms with E-state index in [0.717, 1.165) is 31.4 Å². The molecule has 0 spiro atoms. The molecule has 0 radical (unpaired) electrons. The van der Waals surface area contributed by atoms with Crippen LogP contribution in [0, 0.1) is 0 Å². The number of urea groups is 1. The van der Waals surface area contributed by atoms with Gasteiger partial charge in [-0.25, -0.2) is 4.79 Å². The Bertz CT molecular complexity index is 789. The third-order valence-electron chi connectivity index (χ3n) is 5.74. The van der Waals surface area contributed by atoms with Crippen LogP contribution >= 0.6 is 0 Å². The summed E-state index contributed by atoms with van der Waals surface area (Å²) in [6, 6.07) is 6.98. The summed E-state index contributed by atoms with van der Waals surface area (Å²) in [5.74, 6) is 0.0236. The number of imide groups is 1. The summed E-state index contributed by atoms with van der Waals surface area (Å²) in [5, 5.41) is 5.26. The van der Waals surface area contributed by atoms with Crippen LogP contribution in [-0.2, 0) is 14.3 Å². The van der Waals surface area contributed by atoms with E-state index in [1.807, 2.05) is 18.2 Å². The van der Waals surface area contributed by atoms with Crippen LogP contribution in [0.15, 0.2) is 24.3 Å². The van der Waals surface area contributed by atoms with E-state index >= 15 is 0 Å². The largest absolute Gasteiger partial charge is 0.477 e. The first-order chi connectivity index (χ1) is 14.6. The Kier molecular flexibility index (Phi) is 6.37. The van der Waals surface area contributed by atoms with Crippen LogP contribution in [0.1, 0.15) is 25.7 Å². The summed E-state index contributed by atoms with van der Waals surface area (Å²) < 4.78 is 11.3. The molecule has 0 unspecified atom stereocenters. The predicted molar refractivity (Wildman–Crippen MR) is 109 cm³/mol. The van der Waals surface area contributed by atoms with Crippen molar-refractivity contribution in [2.24, 2.45) is 0 Å². The highest BCUT2D eigenvalue weighted by Gasteiger charge is 2.34. The number of para-hydroxylation sites is 2.